The van der Waals surface area contributed by atoms with Crippen LogP contribution in [-0.2, 0) is 6.54 Å². The summed E-state index contributed by atoms with van der Waals surface area (Å²) in [7, 11) is 0. The molecule has 18 heavy (non-hydrogen) atoms. The summed E-state index contributed by atoms with van der Waals surface area (Å²) in [6.45, 7) is 9.30. The maximum Gasteiger partial charge on any atom is 0.148 e. The molecule has 2 rings (SSSR count). The number of benzene rings is 1. The zero-order valence-electron chi connectivity index (χ0n) is 11.3. The lowest BCUT2D eigenvalue weighted by atomic mass is 10.0. The molecular formula is C14H19N3S. The van der Waals surface area contributed by atoms with Crippen LogP contribution in [0.4, 0.5) is 0 Å². The molecule has 0 radical (unpaired) electrons. The van der Waals surface area contributed by atoms with Gasteiger partial charge in [-0.15, -0.1) is 10.2 Å². The van der Waals surface area contributed by atoms with Gasteiger partial charge in [0.1, 0.15) is 10.0 Å². The maximum absolute atomic E-state index is 4.31. The number of aromatic nitrogens is 2. The van der Waals surface area contributed by atoms with Gasteiger partial charge in [-0.05, 0) is 25.0 Å². The zero-order chi connectivity index (χ0) is 13.1. The summed E-state index contributed by atoms with van der Waals surface area (Å²) in [4.78, 5) is 0. The number of hydrogen-bond acceptors (Lipinski definition) is 4. The van der Waals surface area contributed by atoms with E-state index in [1.807, 2.05) is 0 Å². The van der Waals surface area contributed by atoms with Crippen molar-refractivity contribution in [1.29, 1.82) is 0 Å². The van der Waals surface area contributed by atoms with Crippen molar-refractivity contribution < 1.29 is 0 Å². The topological polar surface area (TPSA) is 37.8 Å². The Morgan fingerprint density at radius 1 is 1.17 bits per heavy atom. The predicted octanol–water partition coefficient (Wildman–Crippen LogP) is 3.32. The minimum absolute atomic E-state index is 0.470. The Balaban J connectivity index is 2.24. The summed E-state index contributed by atoms with van der Waals surface area (Å²) in [6, 6.07) is 6.79. The number of rotatable bonds is 4. The lowest BCUT2D eigenvalue weighted by Gasteiger charge is -2.05. The fourth-order valence-corrected chi connectivity index (χ4v) is 2.84. The Hall–Kier alpha value is -1.26. The average Bonchev–Trinajstić information content (AvgIpc) is 2.75. The third-order valence-electron chi connectivity index (χ3n) is 2.82. The first-order valence-electron chi connectivity index (χ1n) is 6.20. The van der Waals surface area contributed by atoms with E-state index in [-0.39, 0.29) is 0 Å². The molecular weight excluding hydrogens is 242 g/mol. The van der Waals surface area contributed by atoms with Crippen LogP contribution < -0.4 is 5.32 Å². The molecule has 0 saturated heterocycles. The third kappa shape index (κ3) is 2.94. The highest BCUT2D eigenvalue weighted by Gasteiger charge is 2.11. The molecule has 1 aromatic carbocycles. The molecule has 2 aromatic rings. The van der Waals surface area contributed by atoms with Crippen molar-refractivity contribution in [2.45, 2.75) is 40.3 Å². The fraction of sp³-hybridized carbons (Fsp3) is 0.429. The quantitative estimate of drug-likeness (QED) is 0.917. The highest BCUT2D eigenvalue weighted by atomic mass is 32.1. The summed E-state index contributed by atoms with van der Waals surface area (Å²) in [5, 5.41) is 14.0. The van der Waals surface area contributed by atoms with Gasteiger partial charge in [0.2, 0.25) is 0 Å². The second-order valence-electron chi connectivity index (χ2n) is 4.80. The van der Waals surface area contributed by atoms with Crippen LogP contribution in [0, 0.1) is 13.8 Å². The van der Waals surface area contributed by atoms with Crippen molar-refractivity contribution >= 4 is 11.3 Å². The highest BCUT2D eigenvalue weighted by Crippen LogP contribution is 2.29. The molecule has 3 nitrogen and oxygen atoms in total. The predicted molar refractivity (Wildman–Crippen MR) is 76.8 cm³/mol. The van der Waals surface area contributed by atoms with E-state index in [2.05, 4.69) is 61.4 Å². The van der Waals surface area contributed by atoms with E-state index in [9.17, 15) is 0 Å². The van der Waals surface area contributed by atoms with E-state index < -0.39 is 0 Å². The van der Waals surface area contributed by atoms with Crippen molar-refractivity contribution in [3.8, 4) is 10.6 Å². The maximum atomic E-state index is 4.31. The van der Waals surface area contributed by atoms with Crippen molar-refractivity contribution in [3.63, 3.8) is 0 Å². The number of nitrogens with zero attached hydrogens (tertiary/aromatic N) is 2. The molecule has 0 atom stereocenters. The van der Waals surface area contributed by atoms with E-state index in [0.29, 0.717) is 6.04 Å². The van der Waals surface area contributed by atoms with Crippen LogP contribution in [-0.4, -0.2) is 16.2 Å². The molecule has 1 aromatic heterocycles. The van der Waals surface area contributed by atoms with Gasteiger partial charge in [-0.2, -0.15) is 0 Å². The molecule has 0 spiro atoms. The molecule has 0 aliphatic heterocycles. The van der Waals surface area contributed by atoms with Crippen LogP contribution in [0.5, 0.6) is 0 Å². The second kappa shape index (κ2) is 5.59. The van der Waals surface area contributed by atoms with E-state index in [1.165, 1.54) is 16.7 Å². The van der Waals surface area contributed by atoms with Gasteiger partial charge in [0.25, 0.3) is 0 Å². The van der Waals surface area contributed by atoms with Gasteiger partial charge in [-0.1, -0.05) is 43.4 Å². The van der Waals surface area contributed by atoms with Crippen LogP contribution in [0.3, 0.4) is 0 Å². The smallest absolute Gasteiger partial charge is 0.148 e. The molecule has 0 unspecified atom stereocenters. The van der Waals surface area contributed by atoms with Crippen LogP contribution >= 0.6 is 11.3 Å². The third-order valence-corrected chi connectivity index (χ3v) is 3.76. The van der Waals surface area contributed by atoms with Gasteiger partial charge < -0.3 is 5.32 Å². The summed E-state index contributed by atoms with van der Waals surface area (Å²) in [5.41, 5.74) is 3.75. The first kappa shape index (κ1) is 13.2. The molecule has 1 N–H and O–H groups in total. The fourth-order valence-electron chi connectivity index (χ4n) is 1.87. The van der Waals surface area contributed by atoms with Crippen molar-refractivity contribution in [2.75, 3.05) is 0 Å². The average molecular weight is 261 g/mol. The van der Waals surface area contributed by atoms with E-state index >= 15 is 0 Å². The number of hydrogen-bond donors (Lipinski definition) is 1. The van der Waals surface area contributed by atoms with E-state index in [1.54, 1.807) is 11.3 Å². The number of aryl methyl sites for hydroxylation is 2. The number of nitrogens with one attached hydrogen (secondary N) is 1. The Morgan fingerprint density at radius 3 is 2.44 bits per heavy atom. The van der Waals surface area contributed by atoms with E-state index in [4.69, 9.17) is 0 Å². The molecule has 96 valence electrons. The van der Waals surface area contributed by atoms with Crippen molar-refractivity contribution in [2.24, 2.45) is 0 Å². The highest BCUT2D eigenvalue weighted by molar-refractivity contribution is 7.14. The molecule has 0 bridgehead atoms. The van der Waals surface area contributed by atoms with Crippen molar-refractivity contribution in [3.05, 3.63) is 34.3 Å². The first-order chi connectivity index (χ1) is 8.58. The van der Waals surface area contributed by atoms with Crippen LogP contribution in [0.1, 0.15) is 30.0 Å². The molecule has 0 amide bonds. The lowest BCUT2D eigenvalue weighted by Crippen LogP contribution is -2.21. The van der Waals surface area contributed by atoms with Crippen molar-refractivity contribution in [1.82, 2.24) is 15.5 Å². The largest absolute Gasteiger partial charge is 0.308 e. The van der Waals surface area contributed by atoms with Gasteiger partial charge >= 0.3 is 0 Å². The van der Waals surface area contributed by atoms with Gasteiger partial charge in [0, 0.05) is 18.2 Å². The van der Waals surface area contributed by atoms with Gasteiger partial charge in [0.05, 0.1) is 0 Å². The minimum atomic E-state index is 0.470. The Kier molecular flexibility index (Phi) is 4.09. The Morgan fingerprint density at radius 2 is 1.83 bits per heavy atom. The summed E-state index contributed by atoms with van der Waals surface area (Å²) >= 11 is 1.67. The summed E-state index contributed by atoms with van der Waals surface area (Å²) < 4.78 is 0. The van der Waals surface area contributed by atoms with E-state index in [0.717, 1.165) is 16.6 Å². The molecule has 0 aliphatic rings. The lowest BCUT2D eigenvalue weighted by molar-refractivity contribution is 0.585. The first-order valence-corrected chi connectivity index (χ1v) is 7.02. The monoisotopic (exact) mass is 261 g/mol. The molecule has 0 fully saturated rings. The molecule has 0 saturated carbocycles. The van der Waals surface area contributed by atoms with Gasteiger partial charge in [0.15, 0.2) is 0 Å². The molecule has 0 aliphatic carbocycles. The standard InChI is InChI=1S/C14H19N3S/c1-9(2)15-8-12-16-17-14(18-12)13-10(3)6-5-7-11(13)4/h5-7,9,15H,8H2,1-4H3. The van der Waals surface area contributed by atoms with Crippen LogP contribution in [0.15, 0.2) is 18.2 Å². The van der Waals surface area contributed by atoms with Gasteiger partial charge in [-0.3, -0.25) is 0 Å². The minimum Gasteiger partial charge on any atom is -0.308 e. The normalized spacial score (nSPS) is 11.2. The van der Waals surface area contributed by atoms with Crippen LogP contribution in [0.2, 0.25) is 0 Å². The van der Waals surface area contributed by atoms with Gasteiger partial charge in [-0.25, -0.2) is 0 Å². The summed E-state index contributed by atoms with van der Waals surface area (Å²) in [5.74, 6) is 0. The second-order valence-corrected chi connectivity index (χ2v) is 5.87. The Bertz CT molecular complexity index is 511. The zero-order valence-corrected chi connectivity index (χ0v) is 12.1. The van der Waals surface area contributed by atoms with Crippen LogP contribution in [0.25, 0.3) is 10.6 Å². The molecule has 1 heterocycles. The molecule has 4 heteroatoms. The summed E-state index contributed by atoms with van der Waals surface area (Å²) in [6.07, 6.45) is 0. The Labute approximate surface area is 112 Å². The SMILES string of the molecule is Cc1cccc(C)c1-c1nnc(CNC(C)C)s1.